The molecule has 0 aliphatic heterocycles. The highest BCUT2D eigenvalue weighted by molar-refractivity contribution is 9.11. The van der Waals surface area contributed by atoms with Crippen LogP contribution in [0.4, 0.5) is 0 Å². The number of halogens is 2. The summed E-state index contributed by atoms with van der Waals surface area (Å²) < 4.78 is 1.80. The number of carbonyl (C=O) groups excluding carboxylic acids is 1. The van der Waals surface area contributed by atoms with Gasteiger partial charge in [0, 0.05) is 15.5 Å². The van der Waals surface area contributed by atoms with Crippen molar-refractivity contribution in [2.24, 2.45) is 0 Å². The molecule has 1 aliphatic rings. The van der Waals surface area contributed by atoms with Gasteiger partial charge in [-0.15, -0.1) is 0 Å². The number of hydrogen-bond donors (Lipinski definition) is 1. The van der Waals surface area contributed by atoms with Crippen LogP contribution < -0.4 is 5.32 Å². The number of nitrogens with one attached hydrogen (secondary N) is 1. The molecule has 2 rings (SSSR count). The summed E-state index contributed by atoms with van der Waals surface area (Å²) in [6.07, 6.45) is 1.84. The molecule has 0 saturated heterocycles. The van der Waals surface area contributed by atoms with Crippen molar-refractivity contribution in [1.82, 2.24) is 5.32 Å². The quantitative estimate of drug-likeness (QED) is 0.876. The van der Waals surface area contributed by atoms with E-state index in [9.17, 15) is 4.79 Å². The van der Waals surface area contributed by atoms with Crippen molar-refractivity contribution in [2.45, 2.75) is 18.3 Å². The summed E-state index contributed by atoms with van der Waals surface area (Å²) in [7, 11) is 0. The molecule has 0 aromatic heterocycles. The van der Waals surface area contributed by atoms with E-state index >= 15 is 0 Å². The molecule has 1 aliphatic carbocycles. The van der Waals surface area contributed by atoms with E-state index in [1.54, 1.807) is 0 Å². The van der Waals surface area contributed by atoms with Gasteiger partial charge in [0.2, 0.25) is 5.91 Å². The maximum absolute atomic E-state index is 12.2. The fourth-order valence-electron chi connectivity index (χ4n) is 1.90. The predicted molar refractivity (Wildman–Crippen MR) is 76.1 cm³/mol. The fraction of sp³-hybridized carbons (Fsp3) is 0.308. The Labute approximate surface area is 118 Å². The second-order valence-corrected chi connectivity index (χ2v) is 6.33. The molecule has 4 heteroatoms. The molecule has 0 atom stereocenters. The van der Waals surface area contributed by atoms with Crippen molar-refractivity contribution in [1.29, 1.82) is 0 Å². The van der Waals surface area contributed by atoms with Crippen LogP contribution in [0.15, 0.2) is 39.8 Å². The van der Waals surface area contributed by atoms with Crippen LogP contribution in [0.1, 0.15) is 18.4 Å². The number of benzene rings is 1. The first kappa shape index (κ1) is 12.8. The summed E-state index contributed by atoms with van der Waals surface area (Å²) in [5, 5.41) is 2.90. The molecule has 17 heavy (non-hydrogen) atoms. The maximum atomic E-state index is 12.2. The highest BCUT2D eigenvalue weighted by atomic mass is 79.9. The molecule has 1 N–H and O–H groups in total. The zero-order valence-electron chi connectivity index (χ0n) is 9.30. The highest BCUT2D eigenvalue weighted by Gasteiger charge is 2.51. The number of carbonyl (C=O) groups is 1. The Morgan fingerprint density at radius 1 is 1.47 bits per heavy atom. The zero-order valence-corrected chi connectivity index (χ0v) is 12.5. The summed E-state index contributed by atoms with van der Waals surface area (Å²) in [6, 6.07) is 7.98. The van der Waals surface area contributed by atoms with Gasteiger partial charge < -0.3 is 5.32 Å². The van der Waals surface area contributed by atoms with Crippen molar-refractivity contribution in [2.75, 3.05) is 6.54 Å². The van der Waals surface area contributed by atoms with E-state index in [0.717, 1.165) is 27.4 Å². The van der Waals surface area contributed by atoms with Crippen LogP contribution in [-0.2, 0) is 10.2 Å². The molecule has 0 unspecified atom stereocenters. The Kier molecular flexibility index (Phi) is 3.73. The zero-order chi connectivity index (χ0) is 12.5. The van der Waals surface area contributed by atoms with Gasteiger partial charge in [0.1, 0.15) is 0 Å². The molecule has 0 heterocycles. The van der Waals surface area contributed by atoms with E-state index in [0.29, 0.717) is 6.54 Å². The van der Waals surface area contributed by atoms with E-state index in [2.05, 4.69) is 43.8 Å². The molecular weight excluding hydrogens is 346 g/mol. The van der Waals surface area contributed by atoms with E-state index < -0.39 is 0 Å². The maximum Gasteiger partial charge on any atom is 0.230 e. The van der Waals surface area contributed by atoms with Gasteiger partial charge in [-0.25, -0.2) is 0 Å². The Morgan fingerprint density at radius 2 is 2.18 bits per heavy atom. The first-order valence-electron chi connectivity index (χ1n) is 5.42. The van der Waals surface area contributed by atoms with E-state index in [1.165, 1.54) is 0 Å². The summed E-state index contributed by atoms with van der Waals surface area (Å²) in [4.78, 5) is 12.2. The predicted octanol–water partition coefficient (Wildman–Crippen LogP) is 3.51. The molecule has 1 amide bonds. The van der Waals surface area contributed by atoms with Crippen molar-refractivity contribution in [3.05, 3.63) is 45.4 Å². The fourth-order valence-corrected chi connectivity index (χ4v) is 2.44. The van der Waals surface area contributed by atoms with Gasteiger partial charge in [0.05, 0.1) is 5.41 Å². The largest absolute Gasteiger partial charge is 0.351 e. The molecule has 1 aromatic rings. The SMILES string of the molecule is C=C(Br)CNC(=O)C1(c2cccc(Br)c2)CC1. The number of amides is 1. The molecule has 0 spiro atoms. The molecule has 1 fully saturated rings. The van der Waals surface area contributed by atoms with Gasteiger partial charge in [0.15, 0.2) is 0 Å². The summed E-state index contributed by atoms with van der Waals surface area (Å²) in [5.41, 5.74) is 0.774. The number of rotatable bonds is 4. The summed E-state index contributed by atoms with van der Waals surface area (Å²) >= 11 is 6.68. The minimum absolute atomic E-state index is 0.0937. The second kappa shape index (κ2) is 4.94. The van der Waals surface area contributed by atoms with Crippen LogP contribution in [0.5, 0.6) is 0 Å². The van der Waals surface area contributed by atoms with Crippen LogP contribution in [0.25, 0.3) is 0 Å². The third-order valence-electron chi connectivity index (χ3n) is 3.00. The van der Waals surface area contributed by atoms with Crippen molar-refractivity contribution in [3.8, 4) is 0 Å². The molecule has 90 valence electrons. The van der Waals surface area contributed by atoms with Crippen LogP contribution in [-0.4, -0.2) is 12.5 Å². The van der Waals surface area contributed by atoms with Gasteiger partial charge in [-0.3, -0.25) is 4.79 Å². The Balaban J connectivity index is 2.14. The van der Waals surface area contributed by atoms with Crippen LogP contribution in [0, 0.1) is 0 Å². The van der Waals surface area contributed by atoms with Crippen molar-refractivity contribution < 1.29 is 4.79 Å². The third kappa shape index (κ3) is 2.80. The van der Waals surface area contributed by atoms with E-state index in [1.807, 2.05) is 24.3 Å². The van der Waals surface area contributed by atoms with Crippen molar-refractivity contribution in [3.63, 3.8) is 0 Å². The van der Waals surface area contributed by atoms with E-state index in [-0.39, 0.29) is 11.3 Å². The molecule has 1 aromatic carbocycles. The van der Waals surface area contributed by atoms with Crippen LogP contribution in [0.3, 0.4) is 0 Å². The molecule has 0 bridgehead atoms. The lowest BCUT2D eigenvalue weighted by Crippen LogP contribution is -2.35. The molecular formula is C13H13Br2NO. The Morgan fingerprint density at radius 3 is 2.71 bits per heavy atom. The lowest BCUT2D eigenvalue weighted by atomic mass is 9.95. The van der Waals surface area contributed by atoms with Gasteiger partial charge in [-0.2, -0.15) is 0 Å². The molecule has 0 radical (unpaired) electrons. The first-order chi connectivity index (χ1) is 8.04. The molecule has 2 nitrogen and oxygen atoms in total. The summed E-state index contributed by atoms with van der Waals surface area (Å²) in [6.45, 7) is 4.19. The first-order valence-corrected chi connectivity index (χ1v) is 7.01. The average Bonchev–Trinajstić information content (AvgIpc) is 3.07. The minimum atomic E-state index is -0.313. The van der Waals surface area contributed by atoms with Gasteiger partial charge in [0.25, 0.3) is 0 Å². The lowest BCUT2D eigenvalue weighted by molar-refractivity contribution is -0.123. The topological polar surface area (TPSA) is 29.1 Å². The van der Waals surface area contributed by atoms with Gasteiger partial charge in [-0.1, -0.05) is 50.6 Å². The Bertz CT molecular complexity index is 466. The third-order valence-corrected chi connectivity index (χ3v) is 3.78. The van der Waals surface area contributed by atoms with Crippen molar-refractivity contribution >= 4 is 37.8 Å². The summed E-state index contributed by atoms with van der Waals surface area (Å²) in [5.74, 6) is 0.0937. The number of hydrogen-bond acceptors (Lipinski definition) is 1. The van der Waals surface area contributed by atoms with E-state index in [4.69, 9.17) is 0 Å². The lowest BCUT2D eigenvalue weighted by Gasteiger charge is -2.15. The highest BCUT2D eigenvalue weighted by Crippen LogP contribution is 2.48. The van der Waals surface area contributed by atoms with Gasteiger partial charge in [-0.05, 0) is 30.5 Å². The van der Waals surface area contributed by atoms with Crippen LogP contribution in [0.2, 0.25) is 0 Å². The Hall–Kier alpha value is -0.610. The standard InChI is InChI=1S/C13H13Br2NO/c1-9(14)8-16-12(17)13(5-6-13)10-3-2-4-11(15)7-10/h2-4,7H,1,5-6,8H2,(H,16,17). The smallest absolute Gasteiger partial charge is 0.230 e. The van der Waals surface area contributed by atoms with Gasteiger partial charge >= 0.3 is 0 Å². The average molecular weight is 359 g/mol. The normalized spacial score (nSPS) is 16.4. The van der Waals surface area contributed by atoms with Crippen LogP contribution >= 0.6 is 31.9 Å². The second-order valence-electron chi connectivity index (χ2n) is 4.29. The monoisotopic (exact) mass is 357 g/mol. The minimum Gasteiger partial charge on any atom is -0.351 e. The molecule has 1 saturated carbocycles.